The van der Waals surface area contributed by atoms with E-state index >= 15 is 0 Å². The fourth-order valence-corrected chi connectivity index (χ4v) is 3.47. The minimum absolute atomic E-state index is 0.771. The number of hydrogen-bond acceptors (Lipinski definition) is 3. The van der Waals surface area contributed by atoms with Crippen molar-refractivity contribution < 1.29 is 0 Å². The van der Waals surface area contributed by atoms with E-state index in [1.54, 1.807) is 18.8 Å². The van der Waals surface area contributed by atoms with Gasteiger partial charge in [0.25, 0.3) is 0 Å². The van der Waals surface area contributed by atoms with Crippen molar-refractivity contribution in [3.8, 4) is 0 Å². The largest absolute Gasteiger partial charge is 0.344 e. The number of nitrogens with one attached hydrogen (secondary N) is 2. The van der Waals surface area contributed by atoms with Crippen LogP contribution in [-0.2, 0) is 6.54 Å². The average molecular weight is 347 g/mol. The molecule has 2 N–H and O–H groups in total. The summed E-state index contributed by atoms with van der Waals surface area (Å²) in [5.41, 5.74) is 12.1. The van der Waals surface area contributed by atoms with Gasteiger partial charge in [0.05, 0.1) is 5.70 Å². The van der Waals surface area contributed by atoms with Crippen LogP contribution in [-0.4, -0.2) is 16.8 Å². The predicted molar refractivity (Wildman–Crippen MR) is 99.7 cm³/mol. The maximum Gasteiger partial charge on any atom is 0.179 e. The zero-order chi connectivity index (χ0) is 16.4. The van der Waals surface area contributed by atoms with Crippen molar-refractivity contribution in [2.75, 3.05) is 7.05 Å². The Morgan fingerprint density at radius 3 is 2.65 bits per heavy atom. The topological polar surface area (TPSA) is 41.4 Å². The number of aryl methyl sites for hydroxylation is 1. The van der Waals surface area contributed by atoms with Crippen molar-refractivity contribution in [3.63, 3.8) is 0 Å². The number of thioether (sulfide) groups is 1. The normalized spacial score (nSPS) is 16.0. The van der Waals surface area contributed by atoms with Gasteiger partial charge in [-0.2, -0.15) is 0 Å². The van der Waals surface area contributed by atoms with Gasteiger partial charge < -0.3 is 4.57 Å². The quantitative estimate of drug-likeness (QED) is 0.884. The molecule has 1 aromatic heterocycles. The third-order valence-electron chi connectivity index (χ3n) is 3.95. The van der Waals surface area contributed by atoms with E-state index in [0.717, 1.165) is 28.0 Å². The van der Waals surface area contributed by atoms with Crippen LogP contribution in [0, 0.1) is 13.8 Å². The highest BCUT2D eigenvalue weighted by Crippen LogP contribution is 2.27. The van der Waals surface area contributed by atoms with Crippen molar-refractivity contribution in [1.29, 1.82) is 0 Å². The smallest absolute Gasteiger partial charge is 0.179 e. The third kappa shape index (κ3) is 3.26. The Balaban J connectivity index is 1.91. The maximum absolute atomic E-state index is 6.30. The summed E-state index contributed by atoms with van der Waals surface area (Å²) in [6, 6.07) is 10.2. The van der Waals surface area contributed by atoms with E-state index in [2.05, 4.69) is 51.8 Å². The summed E-state index contributed by atoms with van der Waals surface area (Å²) in [5.74, 6) is 0. The van der Waals surface area contributed by atoms with Crippen LogP contribution in [0.2, 0.25) is 5.02 Å². The third-order valence-corrected chi connectivity index (χ3v) is 5.18. The van der Waals surface area contributed by atoms with Crippen LogP contribution in [0.15, 0.2) is 40.7 Å². The molecular weight excluding hydrogens is 328 g/mol. The zero-order valence-corrected chi connectivity index (χ0v) is 14.9. The van der Waals surface area contributed by atoms with E-state index in [0.29, 0.717) is 0 Å². The molecule has 1 aromatic carbocycles. The van der Waals surface area contributed by atoms with E-state index < -0.39 is 0 Å². The minimum atomic E-state index is 0.771. The van der Waals surface area contributed by atoms with Crippen LogP contribution < -0.4 is 10.9 Å². The summed E-state index contributed by atoms with van der Waals surface area (Å²) < 4.78 is 2.28. The first-order valence-corrected chi connectivity index (χ1v) is 8.62. The number of amidine groups is 1. The SMILES string of the molecule is CN=C1NNC(c2cc(C)n(Cc3ccccc3Cl)c2C)=CS1. The molecule has 3 rings (SSSR count). The number of aliphatic imine (C=N–C) groups is 1. The molecule has 0 aliphatic carbocycles. The number of rotatable bonds is 3. The van der Waals surface area contributed by atoms with Gasteiger partial charge in [-0.3, -0.25) is 15.8 Å². The molecule has 0 bridgehead atoms. The number of hydrazine groups is 1. The first kappa shape index (κ1) is 16.0. The molecule has 0 spiro atoms. The summed E-state index contributed by atoms with van der Waals surface area (Å²) >= 11 is 7.88. The van der Waals surface area contributed by atoms with Crippen LogP contribution in [0.3, 0.4) is 0 Å². The lowest BCUT2D eigenvalue weighted by Gasteiger charge is -2.19. The first-order valence-electron chi connectivity index (χ1n) is 7.36. The second-order valence-corrected chi connectivity index (χ2v) is 6.66. The van der Waals surface area contributed by atoms with Gasteiger partial charge in [-0.25, -0.2) is 0 Å². The average Bonchev–Trinajstić information content (AvgIpc) is 2.85. The molecule has 4 nitrogen and oxygen atoms in total. The molecule has 0 unspecified atom stereocenters. The highest BCUT2D eigenvalue weighted by atomic mass is 35.5. The lowest BCUT2D eigenvalue weighted by molar-refractivity contribution is 0.747. The van der Waals surface area contributed by atoms with Gasteiger partial charge in [0.15, 0.2) is 5.17 Å². The van der Waals surface area contributed by atoms with E-state index in [1.165, 1.54) is 17.0 Å². The number of hydrogen-bond donors (Lipinski definition) is 2. The van der Waals surface area contributed by atoms with Gasteiger partial charge in [-0.15, -0.1) is 0 Å². The Labute approximate surface area is 145 Å². The Morgan fingerprint density at radius 2 is 2.00 bits per heavy atom. The minimum Gasteiger partial charge on any atom is -0.344 e. The second-order valence-electron chi connectivity index (χ2n) is 5.39. The molecule has 0 amide bonds. The lowest BCUT2D eigenvalue weighted by Crippen LogP contribution is -2.36. The van der Waals surface area contributed by atoms with Crippen molar-refractivity contribution in [1.82, 2.24) is 15.4 Å². The fourth-order valence-electron chi connectivity index (χ4n) is 2.65. The molecule has 0 radical (unpaired) electrons. The van der Waals surface area contributed by atoms with Crippen LogP contribution >= 0.6 is 23.4 Å². The molecule has 120 valence electrons. The summed E-state index contributed by atoms with van der Waals surface area (Å²) in [4.78, 5) is 4.13. The molecular formula is C17H19ClN4S. The highest BCUT2D eigenvalue weighted by molar-refractivity contribution is 8.16. The lowest BCUT2D eigenvalue weighted by atomic mass is 10.2. The summed E-state index contributed by atoms with van der Waals surface area (Å²) in [5, 5.41) is 3.75. The molecule has 1 aliphatic rings. The highest BCUT2D eigenvalue weighted by Gasteiger charge is 2.16. The van der Waals surface area contributed by atoms with Crippen molar-refractivity contribution in [2.24, 2.45) is 4.99 Å². The van der Waals surface area contributed by atoms with Crippen molar-refractivity contribution in [2.45, 2.75) is 20.4 Å². The first-order chi connectivity index (χ1) is 11.1. The monoisotopic (exact) mass is 346 g/mol. The molecule has 1 aliphatic heterocycles. The molecule has 2 aromatic rings. The molecule has 2 heterocycles. The molecule has 0 atom stereocenters. The van der Waals surface area contributed by atoms with Crippen molar-refractivity contribution >= 4 is 34.2 Å². The summed E-state index contributed by atoms with van der Waals surface area (Å²) in [6.45, 7) is 5.03. The Bertz CT molecular complexity index is 792. The van der Waals surface area contributed by atoms with Gasteiger partial charge in [0.2, 0.25) is 0 Å². The van der Waals surface area contributed by atoms with Crippen LogP contribution in [0.25, 0.3) is 5.70 Å². The fraction of sp³-hybridized carbons (Fsp3) is 0.235. The van der Waals surface area contributed by atoms with Crippen LogP contribution in [0.1, 0.15) is 22.5 Å². The van der Waals surface area contributed by atoms with E-state index in [-0.39, 0.29) is 0 Å². The van der Waals surface area contributed by atoms with Gasteiger partial charge in [-0.1, -0.05) is 41.6 Å². The predicted octanol–water partition coefficient (Wildman–Crippen LogP) is 3.93. The second kappa shape index (κ2) is 6.72. The van der Waals surface area contributed by atoms with Gasteiger partial charge >= 0.3 is 0 Å². The van der Waals surface area contributed by atoms with Gasteiger partial charge in [0.1, 0.15) is 0 Å². The van der Waals surface area contributed by atoms with Crippen LogP contribution in [0.5, 0.6) is 0 Å². The van der Waals surface area contributed by atoms with E-state index in [1.807, 2.05) is 18.2 Å². The van der Waals surface area contributed by atoms with Crippen molar-refractivity contribution in [3.05, 3.63) is 63.3 Å². The molecule has 6 heteroatoms. The Morgan fingerprint density at radius 1 is 1.22 bits per heavy atom. The number of nitrogens with zero attached hydrogens (tertiary/aromatic N) is 2. The summed E-state index contributed by atoms with van der Waals surface area (Å²) in [6.07, 6.45) is 0. The number of halogens is 1. The molecule has 0 saturated heterocycles. The summed E-state index contributed by atoms with van der Waals surface area (Å²) in [7, 11) is 1.77. The van der Waals surface area contributed by atoms with E-state index in [9.17, 15) is 0 Å². The maximum atomic E-state index is 6.30. The standard InChI is InChI=1S/C17H19ClN4S/c1-11-8-14(16-10-23-17(19-3)21-20-16)12(2)22(11)9-13-6-4-5-7-15(13)18/h4-8,10,20H,9H2,1-3H3,(H,19,21). The Hall–Kier alpha value is -1.85. The zero-order valence-electron chi connectivity index (χ0n) is 13.4. The van der Waals surface area contributed by atoms with Crippen LogP contribution in [0.4, 0.5) is 0 Å². The van der Waals surface area contributed by atoms with Gasteiger partial charge in [0, 0.05) is 41.0 Å². The Kier molecular flexibility index (Phi) is 4.68. The molecule has 0 fully saturated rings. The molecule has 0 saturated carbocycles. The van der Waals surface area contributed by atoms with Gasteiger partial charge in [-0.05, 0) is 31.5 Å². The number of aromatic nitrogens is 1. The number of benzene rings is 1. The molecule has 23 heavy (non-hydrogen) atoms. The van der Waals surface area contributed by atoms with E-state index in [4.69, 9.17) is 11.6 Å².